The van der Waals surface area contributed by atoms with Gasteiger partial charge in [-0.1, -0.05) is 24.3 Å². The predicted molar refractivity (Wildman–Crippen MR) is 90.7 cm³/mol. The van der Waals surface area contributed by atoms with Gasteiger partial charge in [0.05, 0.1) is 12.0 Å². The SMILES string of the molecule is CN=C1CC(C)=C(NC2=NNC3C=CC=CC23)C=C1C1CC1. The second-order valence-electron chi connectivity index (χ2n) is 6.49. The summed E-state index contributed by atoms with van der Waals surface area (Å²) in [5.41, 5.74) is 8.43. The van der Waals surface area contributed by atoms with Gasteiger partial charge in [-0.25, -0.2) is 0 Å². The molecule has 4 heteroatoms. The molecule has 2 atom stereocenters. The van der Waals surface area contributed by atoms with Crippen molar-refractivity contribution in [1.29, 1.82) is 0 Å². The minimum absolute atomic E-state index is 0.289. The molecule has 0 amide bonds. The van der Waals surface area contributed by atoms with Crippen molar-refractivity contribution in [3.63, 3.8) is 0 Å². The highest BCUT2D eigenvalue weighted by Gasteiger charge is 2.33. The molecule has 4 nitrogen and oxygen atoms in total. The Morgan fingerprint density at radius 2 is 2.09 bits per heavy atom. The monoisotopic (exact) mass is 294 g/mol. The Bertz CT molecular complexity index is 671. The van der Waals surface area contributed by atoms with Crippen molar-refractivity contribution in [1.82, 2.24) is 10.7 Å². The van der Waals surface area contributed by atoms with Crippen LogP contribution in [0.3, 0.4) is 0 Å². The fraction of sp³-hybridized carbons (Fsp3) is 0.444. The molecular formula is C18H22N4. The summed E-state index contributed by atoms with van der Waals surface area (Å²) in [4.78, 5) is 4.50. The van der Waals surface area contributed by atoms with Gasteiger partial charge in [0.1, 0.15) is 5.84 Å². The Balaban J connectivity index is 1.58. The highest BCUT2D eigenvalue weighted by atomic mass is 15.4. The number of fused-ring (bicyclic) bond motifs is 1. The van der Waals surface area contributed by atoms with Crippen molar-refractivity contribution in [3.05, 3.63) is 47.2 Å². The van der Waals surface area contributed by atoms with Crippen LogP contribution in [0.5, 0.6) is 0 Å². The number of hydrazone groups is 1. The summed E-state index contributed by atoms with van der Waals surface area (Å²) >= 11 is 0. The van der Waals surface area contributed by atoms with E-state index in [0.29, 0.717) is 5.92 Å². The Kier molecular flexibility index (Phi) is 3.25. The zero-order chi connectivity index (χ0) is 15.1. The third-order valence-corrected chi connectivity index (χ3v) is 4.86. The fourth-order valence-corrected chi connectivity index (χ4v) is 3.37. The summed E-state index contributed by atoms with van der Waals surface area (Å²) in [5, 5.41) is 8.07. The summed E-state index contributed by atoms with van der Waals surface area (Å²) in [7, 11) is 1.91. The number of amidine groups is 1. The number of nitrogens with zero attached hydrogens (tertiary/aromatic N) is 2. The molecule has 3 aliphatic carbocycles. The van der Waals surface area contributed by atoms with E-state index in [4.69, 9.17) is 0 Å². The molecule has 0 aromatic heterocycles. The molecule has 22 heavy (non-hydrogen) atoms. The zero-order valence-electron chi connectivity index (χ0n) is 13.1. The molecule has 0 radical (unpaired) electrons. The largest absolute Gasteiger partial charge is 0.342 e. The van der Waals surface area contributed by atoms with Gasteiger partial charge < -0.3 is 10.7 Å². The van der Waals surface area contributed by atoms with Crippen LogP contribution >= 0.6 is 0 Å². The van der Waals surface area contributed by atoms with Gasteiger partial charge in [0.25, 0.3) is 0 Å². The molecule has 0 saturated heterocycles. The summed E-state index contributed by atoms with van der Waals surface area (Å²) < 4.78 is 0. The van der Waals surface area contributed by atoms with Gasteiger partial charge >= 0.3 is 0 Å². The van der Waals surface area contributed by atoms with Crippen LogP contribution in [0.4, 0.5) is 0 Å². The Morgan fingerprint density at radius 1 is 1.27 bits per heavy atom. The lowest BCUT2D eigenvalue weighted by Gasteiger charge is -2.23. The molecule has 0 spiro atoms. The number of allylic oxidation sites excluding steroid dienone is 5. The van der Waals surface area contributed by atoms with Crippen molar-refractivity contribution in [3.8, 4) is 0 Å². The van der Waals surface area contributed by atoms with Crippen LogP contribution in [0.25, 0.3) is 0 Å². The second-order valence-corrected chi connectivity index (χ2v) is 6.49. The van der Waals surface area contributed by atoms with Crippen LogP contribution in [0.1, 0.15) is 26.2 Å². The average Bonchev–Trinajstić information content (AvgIpc) is 3.31. The lowest BCUT2D eigenvalue weighted by atomic mass is 9.91. The van der Waals surface area contributed by atoms with Crippen molar-refractivity contribution < 1.29 is 0 Å². The van der Waals surface area contributed by atoms with Gasteiger partial charge in [-0.15, -0.1) is 0 Å². The van der Waals surface area contributed by atoms with Crippen LogP contribution in [-0.2, 0) is 0 Å². The van der Waals surface area contributed by atoms with E-state index in [9.17, 15) is 0 Å². The van der Waals surface area contributed by atoms with Crippen molar-refractivity contribution in [2.75, 3.05) is 7.05 Å². The van der Waals surface area contributed by atoms with Gasteiger partial charge in [-0.05, 0) is 42.9 Å². The standard InChI is InChI=1S/C18H22N4/c1-11-9-17(19-2)14(12-7-8-12)10-16(11)20-18-13-5-3-4-6-15(13)21-22-18/h3-6,10,12-13,15,21H,7-9H2,1-2H3,(H,20,22). The molecule has 0 aromatic rings. The van der Waals surface area contributed by atoms with Crippen LogP contribution in [-0.4, -0.2) is 24.6 Å². The summed E-state index contributed by atoms with van der Waals surface area (Å²) in [6.45, 7) is 2.19. The first-order valence-electron chi connectivity index (χ1n) is 8.09. The van der Waals surface area contributed by atoms with E-state index in [-0.39, 0.29) is 6.04 Å². The Morgan fingerprint density at radius 3 is 2.86 bits per heavy atom. The fourth-order valence-electron chi connectivity index (χ4n) is 3.37. The van der Waals surface area contributed by atoms with Crippen LogP contribution in [0, 0.1) is 11.8 Å². The van der Waals surface area contributed by atoms with Gasteiger partial charge in [-0.2, -0.15) is 5.10 Å². The van der Waals surface area contributed by atoms with Crippen LogP contribution < -0.4 is 10.7 Å². The molecule has 2 unspecified atom stereocenters. The minimum atomic E-state index is 0.289. The maximum Gasteiger partial charge on any atom is 0.136 e. The number of hydrogen-bond donors (Lipinski definition) is 2. The third-order valence-electron chi connectivity index (χ3n) is 4.86. The van der Waals surface area contributed by atoms with E-state index >= 15 is 0 Å². The molecule has 0 aromatic carbocycles. The topological polar surface area (TPSA) is 48.8 Å². The first-order chi connectivity index (χ1) is 10.8. The lowest BCUT2D eigenvalue weighted by molar-refractivity contribution is 0.619. The van der Waals surface area contributed by atoms with E-state index in [1.165, 1.54) is 35.4 Å². The van der Waals surface area contributed by atoms with E-state index < -0.39 is 0 Å². The summed E-state index contributed by atoms with van der Waals surface area (Å²) in [6, 6.07) is 0.289. The van der Waals surface area contributed by atoms with E-state index in [2.05, 4.69) is 58.1 Å². The van der Waals surface area contributed by atoms with Gasteiger partial charge in [0.2, 0.25) is 0 Å². The number of rotatable bonds is 2. The van der Waals surface area contributed by atoms with Crippen LogP contribution in [0.2, 0.25) is 0 Å². The smallest absolute Gasteiger partial charge is 0.136 e. The minimum Gasteiger partial charge on any atom is -0.342 e. The normalized spacial score (nSPS) is 31.8. The molecule has 0 bridgehead atoms. The van der Waals surface area contributed by atoms with E-state index in [1.54, 1.807) is 0 Å². The van der Waals surface area contributed by atoms with Gasteiger partial charge in [0.15, 0.2) is 0 Å². The van der Waals surface area contributed by atoms with E-state index in [0.717, 1.165) is 18.2 Å². The maximum absolute atomic E-state index is 4.50. The zero-order valence-corrected chi connectivity index (χ0v) is 13.1. The van der Waals surface area contributed by atoms with Crippen molar-refractivity contribution in [2.45, 2.75) is 32.2 Å². The summed E-state index contributed by atoms with van der Waals surface area (Å²) in [5.74, 6) is 2.05. The predicted octanol–water partition coefficient (Wildman–Crippen LogP) is 2.69. The van der Waals surface area contributed by atoms with Crippen molar-refractivity contribution >= 4 is 11.5 Å². The molecule has 1 fully saturated rings. The molecule has 1 aliphatic heterocycles. The van der Waals surface area contributed by atoms with E-state index in [1.807, 2.05) is 7.05 Å². The van der Waals surface area contributed by atoms with Gasteiger partial charge in [0, 0.05) is 24.9 Å². The third kappa shape index (κ3) is 2.32. The van der Waals surface area contributed by atoms with Crippen LogP contribution in [0.15, 0.2) is 57.3 Å². The number of nitrogens with one attached hydrogen (secondary N) is 2. The lowest BCUT2D eigenvalue weighted by Crippen LogP contribution is -2.34. The number of hydrogen-bond acceptors (Lipinski definition) is 4. The molecular weight excluding hydrogens is 272 g/mol. The summed E-state index contributed by atoms with van der Waals surface area (Å²) in [6.07, 6.45) is 14.4. The quantitative estimate of drug-likeness (QED) is 0.822. The van der Waals surface area contributed by atoms with Crippen molar-refractivity contribution in [2.24, 2.45) is 21.9 Å². The molecule has 1 saturated carbocycles. The maximum atomic E-state index is 4.50. The molecule has 4 rings (SSSR count). The number of aliphatic imine (C=N–C) groups is 1. The second kappa shape index (κ2) is 5.27. The molecule has 4 aliphatic rings. The molecule has 114 valence electrons. The molecule has 1 heterocycles. The molecule has 2 N–H and O–H groups in total. The average molecular weight is 294 g/mol. The Hall–Kier alpha value is -2.10. The highest BCUT2D eigenvalue weighted by Crippen LogP contribution is 2.40. The van der Waals surface area contributed by atoms with Gasteiger partial charge in [-0.3, -0.25) is 4.99 Å². The first-order valence-corrected chi connectivity index (χ1v) is 8.09. The highest BCUT2D eigenvalue weighted by molar-refractivity contribution is 6.04. The first kappa shape index (κ1) is 13.6. The Labute approximate surface area is 131 Å².